The maximum atomic E-state index is 5.75. The van der Waals surface area contributed by atoms with Crippen molar-refractivity contribution in [3.63, 3.8) is 0 Å². The predicted molar refractivity (Wildman–Crippen MR) is 96.9 cm³/mol. The van der Waals surface area contributed by atoms with Crippen molar-refractivity contribution in [2.24, 2.45) is 4.99 Å². The van der Waals surface area contributed by atoms with Crippen LogP contribution in [-0.2, 0) is 8.92 Å². The molecule has 0 saturated carbocycles. The average Bonchev–Trinajstić information content (AvgIpc) is 2.56. The lowest BCUT2D eigenvalue weighted by Crippen LogP contribution is -2.29. The first-order valence-corrected chi connectivity index (χ1v) is 8.64. The van der Waals surface area contributed by atoms with Crippen LogP contribution in [0.4, 0.5) is 0 Å². The summed E-state index contributed by atoms with van der Waals surface area (Å²) in [6, 6.07) is 8.41. The van der Waals surface area contributed by atoms with E-state index in [1.165, 1.54) is 23.3 Å². The molecule has 0 spiro atoms. The molecule has 0 N–H and O–H groups in total. The highest BCUT2D eigenvalue weighted by Crippen LogP contribution is 2.24. The number of allylic oxidation sites excluding steroid dienone is 2. The smallest absolute Gasteiger partial charge is 0.0720 e. The Bertz CT molecular complexity index is 581. The van der Waals surface area contributed by atoms with Crippen molar-refractivity contribution in [2.75, 3.05) is 27.3 Å². The largest absolute Gasteiger partial charge is 0.385 e. The Hall–Kier alpha value is -1.30. The first-order valence-electron chi connectivity index (χ1n) is 7.90. The molecule has 0 aromatic heterocycles. The van der Waals surface area contributed by atoms with E-state index in [-0.39, 0.29) is 6.10 Å². The van der Waals surface area contributed by atoms with Gasteiger partial charge in [0, 0.05) is 43.4 Å². The van der Waals surface area contributed by atoms with Crippen LogP contribution in [0.5, 0.6) is 0 Å². The van der Waals surface area contributed by atoms with E-state index in [1.807, 2.05) is 0 Å². The molecule has 23 heavy (non-hydrogen) atoms. The van der Waals surface area contributed by atoms with Gasteiger partial charge in [-0.15, -0.1) is 0 Å². The monoisotopic (exact) mass is 334 g/mol. The molecule has 1 atom stereocenters. The molecule has 1 heterocycles. The number of ether oxygens (including phenoxy) is 1. The number of rotatable bonds is 7. The number of hydrogen-bond acceptors (Lipinski definition) is 5. The van der Waals surface area contributed by atoms with E-state index >= 15 is 0 Å². The van der Waals surface area contributed by atoms with Crippen molar-refractivity contribution in [3.8, 4) is 0 Å². The van der Waals surface area contributed by atoms with Crippen molar-refractivity contribution < 1.29 is 8.92 Å². The number of nitrogens with zero attached hydrogens (tertiary/aromatic N) is 2. The van der Waals surface area contributed by atoms with Crippen LogP contribution in [0, 0.1) is 0 Å². The second kappa shape index (κ2) is 8.52. The topological polar surface area (TPSA) is 34.1 Å². The van der Waals surface area contributed by atoms with Gasteiger partial charge in [0.15, 0.2) is 0 Å². The van der Waals surface area contributed by atoms with Crippen LogP contribution in [0.2, 0.25) is 0 Å². The Morgan fingerprint density at radius 3 is 2.57 bits per heavy atom. The Morgan fingerprint density at radius 2 is 1.96 bits per heavy atom. The average molecular weight is 334 g/mol. The highest BCUT2D eigenvalue weighted by molar-refractivity contribution is 7.94. The van der Waals surface area contributed by atoms with Crippen molar-refractivity contribution in [1.29, 1.82) is 0 Å². The minimum atomic E-state index is 0.173. The van der Waals surface area contributed by atoms with Gasteiger partial charge >= 0.3 is 0 Å². The highest BCUT2D eigenvalue weighted by Gasteiger charge is 2.15. The van der Waals surface area contributed by atoms with Crippen molar-refractivity contribution >= 4 is 17.8 Å². The first kappa shape index (κ1) is 18.0. The van der Waals surface area contributed by atoms with Gasteiger partial charge in [-0.25, -0.2) is 0 Å². The molecule has 126 valence electrons. The van der Waals surface area contributed by atoms with Crippen LogP contribution in [0.1, 0.15) is 32.8 Å². The fraction of sp³-hybridized carbons (Fsp3) is 0.500. The van der Waals surface area contributed by atoms with E-state index in [0.29, 0.717) is 0 Å². The van der Waals surface area contributed by atoms with Crippen LogP contribution < -0.4 is 0 Å². The van der Waals surface area contributed by atoms with Gasteiger partial charge in [-0.3, -0.25) is 4.99 Å². The Morgan fingerprint density at radius 1 is 1.26 bits per heavy atom. The molecule has 0 fully saturated rings. The van der Waals surface area contributed by atoms with Gasteiger partial charge in [0.2, 0.25) is 0 Å². The SMILES string of the molecule is COCCC(C)OSc1ccc(C2=NC(C)=C(C)N(C)C2)cc1. The maximum Gasteiger partial charge on any atom is 0.0720 e. The standard InChI is InChI=1S/C18H26N2O2S/c1-13(10-11-21-5)22-23-17-8-6-16(7-9-17)18-12-20(4)15(3)14(2)19-18/h6-9,13H,10-12H2,1-5H3. The zero-order valence-corrected chi connectivity index (χ0v) is 15.4. The molecule has 0 bridgehead atoms. The second-order valence-corrected chi connectivity index (χ2v) is 6.71. The highest BCUT2D eigenvalue weighted by atomic mass is 32.2. The molecule has 1 aliphatic heterocycles. The minimum Gasteiger partial charge on any atom is -0.385 e. The van der Waals surface area contributed by atoms with Crippen molar-refractivity contribution in [2.45, 2.75) is 38.2 Å². The van der Waals surface area contributed by atoms with E-state index in [1.54, 1.807) is 7.11 Å². The van der Waals surface area contributed by atoms with E-state index in [0.717, 1.165) is 35.9 Å². The van der Waals surface area contributed by atoms with Gasteiger partial charge in [0.1, 0.15) is 0 Å². The molecule has 1 aromatic carbocycles. The lowest BCUT2D eigenvalue weighted by atomic mass is 10.1. The van der Waals surface area contributed by atoms with Gasteiger partial charge in [-0.05, 0) is 44.9 Å². The maximum absolute atomic E-state index is 5.75. The summed E-state index contributed by atoms with van der Waals surface area (Å²) in [5, 5.41) is 0. The molecular formula is C18H26N2O2S. The number of methoxy groups -OCH3 is 1. The van der Waals surface area contributed by atoms with Crippen LogP contribution in [0.25, 0.3) is 0 Å². The van der Waals surface area contributed by atoms with Crippen molar-refractivity contribution in [1.82, 2.24) is 4.90 Å². The first-order chi connectivity index (χ1) is 11.0. The van der Waals surface area contributed by atoms with Gasteiger partial charge in [-0.2, -0.15) is 0 Å². The molecule has 0 aliphatic carbocycles. The molecule has 1 unspecified atom stereocenters. The third-order valence-corrected chi connectivity index (χ3v) is 4.90. The van der Waals surface area contributed by atoms with Crippen LogP contribution >= 0.6 is 12.0 Å². The van der Waals surface area contributed by atoms with E-state index in [9.17, 15) is 0 Å². The quantitative estimate of drug-likeness (QED) is 0.703. The van der Waals surface area contributed by atoms with Gasteiger partial charge < -0.3 is 13.8 Å². The molecule has 1 aliphatic rings. The van der Waals surface area contributed by atoms with Gasteiger partial charge in [0.25, 0.3) is 0 Å². The predicted octanol–water partition coefficient (Wildman–Crippen LogP) is 4.12. The van der Waals surface area contributed by atoms with Crippen molar-refractivity contribution in [3.05, 3.63) is 41.2 Å². The molecule has 2 rings (SSSR count). The number of likely N-dealkylation sites (N-methyl/N-ethyl adjacent to an activating group) is 1. The summed E-state index contributed by atoms with van der Waals surface area (Å²) in [5.41, 5.74) is 4.60. The third-order valence-electron chi connectivity index (χ3n) is 4.01. The summed E-state index contributed by atoms with van der Waals surface area (Å²) >= 11 is 1.42. The van der Waals surface area contributed by atoms with Gasteiger partial charge in [0.05, 0.1) is 24.1 Å². The van der Waals surface area contributed by atoms with E-state index < -0.39 is 0 Å². The number of aliphatic imine (C=N–C) groups is 1. The molecule has 0 amide bonds. The lowest BCUT2D eigenvalue weighted by Gasteiger charge is -2.26. The van der Waals surface area contributed by atoms with E-state index in [4.69, 9.17) is 13.9 Å². The van der Waals surface area contributed by atoms with Crippen LogP contribution in [0.15, 0.2) is 45.5 Å². The molecule has 1 aromatic rings. The fourth-order valence-corrected chi connectivity index (χ4v) is 2.89. The lowest BCUT2D eigenvalue weighted by molar-refractivity contribution is 0.148. The summed E-state index contributed by atoms with van der Waals surface area (Å²) in [4.78, 5) is 8.06. The summed E-state index contributed by atoms with van der Waals surface area (Å²) in [6.07, 6.45) is 1.07. The molecular weight excluding hydrogens is 308 g/mol. The summed E-state index contributed by atoms with van der Waals surface area (Å²) < 4.78 is 10.8. The van der Waals surface area contributed by atoms with E-state index in [2.05, 4.69) is 57.0 Å². The van der Waals surface area contributed by atoms with Crippen LogP contribution in [-0.4, -0.2) is 44.0 Å². The Labute approximate surface area is 143 Å². The number of benzene rings is 1. The van der Waals surface area contributed by atoms with Crippen LogP contribution in [0.3, 0.4) is 0 Å². The summed E-state index contributed by atoms with van der Waals surface area (Å²) in [5.74, 6) is 0. The molecule has 4 nitrogen and oxygen atoms in total. The normalized spacial score (nSPS) is 16.6. The molecule has 0 radical (unpaired) electrons. The zero-order chi connectivity index (χ0) is 16.8. The Kier molecular flexibility index (Phi) is 6.69. The zero-order valence-electron chi connectivity index (χ0n) is 14.6. The third kappa shape index (κ3) is 5.09. The summed E-state index contributed by atoms with van der Waals surface area (Å²) in [7, 11) is 3.81. The fourth-order valence-electron chi connectivity index (χ4n) is 2.27. The van der Waals surface area contributed by atoms with Gasteiger partial charge in [-0.1, -0.05) is 12.1 Å². The Balaban J connectivity index is 1.96. The molecule has 5 heteroatoms. The second-order valence-electron chi connectivity index (χ2n) is 5.88. The number of hydrogen-bond donors (Lipinski definition) is 0. The molecule has 0 saturated heterocycles. The minimum absolute atomic E-state index is 0.173. The summed E-state index contributed by atoms with van der Waals surface area (Å²) in [6.45, 7) is 7.80.